The maximum atomic E-state index is 15.0. The Morgan fingerprint density at radius 1 is 0.846 bits per heavy atom. The highest BCUT2D eigenvalue weighted by atomic mass is 19.1. The zero-order valence-corrected chi connectivity index (χ0v) is 21.5. The van der Waals surface area contributed by atoms with Gasteiger partial charge in [-0.2, -0.15) is 0 Å². The number of carbonyl (C=O) groups excluding carboxylic acids is 2. The molecule has 4 aromatic carbocycles. The first kappa shape index (κ1) is 25.9. The number of halogens is 1. The number of amides is 2. The predicted molar refractivity (Wildman–Crippen MR) is 148 cm³/mol. The summed E-state index contributed by atoms with van der Waals surface area (Å²) in [6.45, 7) is 3.75. The summed E-state index contributed by atoms with van der Waals surface area (Å²) in [6, 6.07) is 25.6. The molecule has 4 aromatic rings. The molecule has 1 atom stereocenters. The molecular weight excluding hydrogens is 495 g/mol. The van der Waals surface area contributed by atoms with Crippen molar-refractivity contribution >= 4 is 23.5 Å². The van der Waals surface area contributed by atoms with E-state index in [2.05, 4.69) is 5.32 Å². The zero-order chi connectivity index (χ0) is 27.7. The molecule has 5 rings (SSSR count). The van der Waals surface area contributed by atoms with Crippen LogP contribution in [-0.4, -0.2) is 33.8 Å². The van der Waals surface area contributed by atoms with Crippen LogP contribution in [0.1, 0.15) is 40.1 Å². The largest absolute Gasteiger partial charge is 0.480 e. The minimum absolute atomic E-state index is 0.0422. The summed E-state index contributed by atoms with van der Waals surface area (Å²) >= 11 is 0. The van der Waals surface area contributed by atoms with Gasteiger partial charge in [0.15, 0.2) is 0 Å². The van der Waals surface area contributed by atoms with Gasteiger partial charge in [-0.3, -0.25) is 9.59 Å². The van der Waals surface area contributed by atoms with E-state index in [-0.39, 0.29) is 24.1 Å². The molecule has 1 unspecified atom stereocenters. The monoisotopic (exact) mass is 522 g/mol. The number of anilines is 1. The van der Waals surface area contributed by atoms with E-state index in [1.165, 1.54) is 17.0 Å². The summed E-state index contributed by atoms with van der Waals surface area (Å²) in [7, 11) is 0. The Balaban J connectivity index is 1.32. The summed E-state index contributed by atoms with van der Waals surface area (Å²) < 4.78 is 15.0. The van der Waals surface area contributed by atoms with Crippen LogP contribution in [0, 0.1) is 11.7 Å². The lowest BCUT2D eigenvalue weighted by Crippen LogP contribution is -2.44. The maximum Gasteiger partial charge on any atom is 0.326 e. The quantitative estimate of drug-likeness (QED) is 0.291. The summed E-state index contributed by atoms with van der Waals surface area (Å²) in [5, 5.41) is 12.2. The van der Waals surface area contributed by atoms with E-state index < -0.39 is 23.7 Å². The number of hydrogen-bond donors (Lipinski definition) is 2. The van der Waals surface area contributed by atoms with Crippen LogP contribution >= 0.6 is 0 Å². The van der Waals surface area contributed by atoms with Crippen LogP contribution in [0.15, 0.2) is 91.0 Å². The second-order valence-corrected chi connectivity index (χ2v) is 9.92. The molecule has 2 amide bonds. The highest BCUT2D eigenvalue weighted by Crippen LogP contribution is 2.32. The van der Waals surface area contributed by atoms with Gasteiger partial charge in [-0.1, -0.05) is 74.5 Å². The highest BCUT2D eigenvalue weighted by molar-refractivity contribution is 6.05. The first-order valence-electron chi connectivity index (χ1n) is 12.7. The highest BCUT2D eigenvalue weighted by Gasteiger charge is 2.38. The van der Waals surface area contributed by atoms with E-state index in [0.29, 0.717) is 22.3 Å². The number of carboxylic acid groups (broad SMARTS) is 1. The van der Waals surface area contributed by atoms with Crippen LogP contribution in [0.3, 0.4) is 0 Å². The lowest BCUT2D eigenvalue weighted by atomic mass is 10.00. The molecule has 0 fully saturated rings. The Labute approximate surface area is 225 Å². The second kappa shape index (κ2) is 10.5. The van der Waals surface area contributed by atoms with Gasteiger partial charge in [-0.15, -0.1) is 0 Å². The Kier molecular flexibility index (Phi) is 6.98. The van der Waals surface area contributed by atoms with Gasteiger partial charge < -0.3 is 15.3 Å². The smallest absolute Gasteiger partial charge is 0.326 e. The minimum Gasteiger partial charge on any atom is -0.480 e. The molecule has 7 heteroatoms. The first-order chi connectivity index (χ1) is 18.7. The first-order valence-corrected chi connectivity index (χ1v) is 12.7. The van der Waals surface area contributed by atoms with Crippen molar-refractivity contribution in [2.24, 2.45) is 5.92 Å². The number of carboxylic acids is 1. The molecular formula is C32H27FN2O4. The Morgan fingerprint density at radius 2 is 1.46 bits per heavy atom. The zero-order valence-electron chi connectivity index (χ0n) is 21.5. The second-order valence-electron chi connectivity index (χ2n) is 9.92. The van der Waals surface area contributed by atoms with E-state index >= 15 is 4.39 Å². The normalized spacial score (nSPS) is 13.3. The van der Waals surface area contributed by atoms with E-state index in [0.717, 1.165) is 16.7 Å². The summed E-state index contributed by atoms with van der Waals surface area (Å²) in [5.41, 5.74) is 4.75. The number of fused-ring (bicyclic) bond motifs is 1. The maximum absolute atomic E-state index is 15.0. The van der Waals surface area contributed by atoms with E-state index in [4.69, 9.17) is 0 Å². The molecule has 0 saturated carbocycles. The molecule has 0 bridgehead atoms. The molecule has 0 radical (unpaired) electrons. The van der Waals surface area contributed by atoms with E-state index in [9.17, 15) is 19.5 Å². The van der Waals surface area contributed by atoms with E-state index in [1.54, 1.807) is 50.2 Å². The Morgan fingerprint density at radius 3 is 2.10 bits per heavy atom. The summed E-state index contributed by atoms with van der Waals surface area (Å²) in [4.78, 5) is 38.9. The van der Waals surface area contributed by atoms with Crippen LogP contribution in [0.25, 0.3) is 22.3 Å². The molecule has 196 valence electrons. The van der Waals surface area contributed by atoms with E-state index in [1.807, 2.05) is 42.5 Å². The average molecular weight is 523 g/mol. The minimum atomic E-state index is -1.04. The van der Waals surface area contributed by atoms with Crippen LogP contribution in [-0.2, 0) is 11.3 Å². The number of benzene rings is 4. The molecule has 1 heterocycles. The van der Waals surface area contributed by atoms with Gasteiger partial charge in [-0.05, 0) is 64.1 Å². The topological polar surface area (TPSA) is 86.7 Å². The van der Waals surface area contributed by atoms with Crippen molar-refractivity contribution < 1.29 is 23.9 Å². The van der Waals surface area contributed by atoms with Crippen molar-refractivity contribution in [2.75, 3.05) is 5.32 Å². The number of rotatable bonds is 7. The van der Waals surface area contributed by atoms with Gasteiger partial charge in [0.2, 0.25) is 0 Å². The van der Waals surface area contributed by atoms with Crippen molar-refractivity contribution in [2.45, 2.75) is 26.4 Å². The van der Waals surface area contributed by atoms with Gasteiger partial charge >= 0.3 is 5.97 Å². The molecule has 0 spiro atoms. The van der Waals surface area contributed by atoms with Crippen molar-refractivity contribution in [1.82, 2.24) is 4.90 Å². The van der Waals surface area contributed by atoms with Gasteiger partial charge in [0.1, 0.15) is 11.9 Å². The van der Waals surface area contributed by atoms with Crippen LogP contribution in [0.2, 0.25) is 0 Å². The summed E-state index contributed by atoms with van der Waals surface area (Å²) in [5.74, 6) is -2.68. The lowest BCUT2D eigenvalue weighted by Gasteiger charge is -2.27. The van der Waals surface area contributed by atoms with Gasteiger partial charge in [-0.25, -0.2) is 9.18 Å². The van der Waals surface area contributed by atoms with Gasteiger partial charge in [0, 0.05) is 17.7 Å². The predicted octanol–water partition coefficient (Wildman–Crippen LogP) is 6.48. The summed E-state index contributed by atoms with van der Waals surface area (Å²) in [6.07, 6.45) is 0. The standard InChI is InChI=1S/C32H27FN2O4/c1-19(2)29(32(38)39)35-18-25-13-12-23(16-26(25)31(35)37)24-14-15-28(27(33)17-24)34-30(36)22-10-8-21(9-11-22)20-6-4-3-5-7-20/h3-17,19,29H,18H2,1-2H3,(H,34,36)(H,38,39). The third-order valence-corrected chi connectivity index (χ3v) is 6.97. The fourth-order valence-electron chi connectivity index (χ4n) is 4.94. The SMILES string of the molecule is CC(C)C(C(=O)O)N1Cc2ccc(-c3ccc(NC(=O)c4ccc(-c5ccccc5)cc4)c(F)c3)cc2C1=O. The number of nitrogens with zero attached hydrogens (tertiary/aromatic N) is 1. The fraction of sp³-hybridized carbons (Fsp3) is 0.156. The fourth-order valence-corrected chi connectivity index (χ4v) is 4.94. The molecule has 0 aliphatic carbocycles. The molecule has 1 aliphatic rings. The molecule has 2 N–H and O–H groups in total. The lowest BCUT2D eigenvalue weighted by molar-refractivity contribution is -0.144. The molecule has 1 aliphatic heterocycles. The number of aliphatic carboxylic acids is 1. The van der Waals surface area contributed by atoms with Crippen LogP contribution in [0.5, 0.6) is 0 Å². The van der Waals surface area contributed by atoms with Gasteiger partial charge in [0.05, 0.1) is 5.69 Å². The van der Waals surface area contributed by atoms with Crippen molar-refractivity contribution in [3.8, 4) is 22.3 Å². The van der Waals surface area contributed by atoms with Gasteiger partial charge in [0.25, 0.3) is 11.8 Å². The Bertz CT molecular complexity index is 1570. The number of nitrogens with one attached hydrogen (secondary N) is 1. The molecule has 0 aromatic heterocycles. The third-order valence-electron chi connectivity index (χ3n) is 6.97. The third kappa shape index (κ3) is 5.16. The van der Waals surface area contributed by atoms with Crippen LogP contribution in [0.4, 0.5) is 10.1 Å². The van der Waals surface area contributed by atoms with Crippen LogP contribution < -0.4 is 5.32 Å². The Hall–Kier alpha value is -4.78. The van der Waals surface area contributed by atoms with Crippen molar-refractivity contribution in [3.05, 3.63) is 114 Å². The molecule has 6 nitrogen and oxygen atoms in total. The molecule has 39 heavy (non-hydrogen) atoms. The van der Waals surface area contributed by atoms with Crippen molar-refractivity contribution in [3.63, 3.8) is 0 Å². The average Bonchev–Trinajstić information content (AvgIpc) is 3.25. The molecule has 0 saturated heterocycles. The number of carbonyl (C=O) groups is 3. The number of hydrogen-bond acceptors (Lipinski definition) is 3. The van der Waals surface area contributed by atoms with Crippen molar-refractivity contribution in [1.29, 1.82) is 0 Å².